The first-order valence-corrected chi connectivity index (χ1v) is 27.7. The minimum Gasteiger partial charge on any atom is -0.439 e. The average Bonchev–Trinajstić information content (AvgIpc) is 2.63. The van der Waals surface area contributed by atoms with Crippen LogP contribution in [-0.4, -0.2) is 72.8 Å². The molecule has 12 heteroatoms. The molecule has 7 nitrogen and oxygen atoms in total. The van der Waals surface area contributed by atoms with Crippen molar-refractivity contribution in [2.45, 2.75) is 136 Å². The van der Waals surface area contributed by atoms with Crippen molar-refractivity contribution in [1.82, 2.24) is 0 Å². The number of hydrogen-bond acceptors (Lipinski definition) is 7. The molecule has 0 amide bonds. The molecule has 0 fully saturated rings. The summed E-state index contributed by atoms with van der Waals surface area (Å²) in [6.45, 7) is 22.5. The average molecular weight is 587 g/mol. The number of unbranched alkanes of at least 4 members (excludes halogenated alkanes) is 6. The van der Waals surface area contributed by atoms with Gasteiger partial charge in [0.25, 0.3) is 9.28 Å². The van der Waals surface area contributed by atoms with E-state index < -0.39 is 49.3 Å². The minimum absolute atomic E-state index is 0.0705. The van der Waals surface area contributed by atoms with Crippen molar-refractivity contribution < 1.29 is 31.4 Å². The van der Waals surface area contributed by atoms with Crippen LogP contribution in [0.2, 0.25) is 71.0 Å². The van der Waals surface area contributed by atoms with Crippen LogP contribution in [0.5, 0.6) is 0 Å². The first-order valence-electron chi connectivity index (χ1n) is 13.7. The zero-order chi connectivity index (χ0) is 27.2. The molecule has 0 spiro atoms. The molecule has 3 unspecified atom stereocenters. The molecule has 0 bridgehead atoms. The largest absolute Gasteiger partial charge is 0.439 e. The van der Waals surface area contributed by atoms with E-state index in [0.717, 1.165) is 24.9 Å². The van der Waals surface area contributed by atoms with Crippen molar-refractivity contribution >= 4 is 43.0 Å². The van der Waals surface area contributed by atoms with Gasteiger partial charge in [-0.05, 0) is 77.4 Å². The Labute approximate surface area is 222 Å². The summed E-state index contributed by atoms with van der Waals surface area (Å²) in [6.07, 6.45) is 8.19. The van der Waals surface area contributed by atoms with E-state index in [4.69, 9.17) is 31.4 Å². The van der Waals surface area contributed by atoms with Gasteiger partial charge < -0.3 is 31.4 Å². The molecule has 0 saturated carbocycles. The molecule has 0 aliphatic carbocycles. The van der Waals surface area contributed by atoms with Gasteiger partial charge in [-0.1, -0.05) is 51.9 Å². The lowest BCUT2D eigenvalue weighted by Crippen LogP contribution is -2.57. The van der Waals surface area contributed by atoms with E-state index in [0.29, 0.717) is 6.61 Å². The normalized spacial score (nSPS) is 17.4. The van der Waals surface area contributed by atoms with Gasteiger partial charge in [-0.2, -0.15) is 0 Å². The van der Waals surface area contributed by atoms with Gasteiger partial charge in [-0.15, -0.1) is 0 Å². The highest BCUT2D eigenvalue weighted by atomic mass is 28.5. The number of rotatable bonds is 22. The molecule has 0 radical (unpaired) electrons. The zero-order valence-corrected chi connectivity index (χ0v) is 29.7. The summed E-state index contributed by atoms with van der Waals surface area (Å²) in [5.74, 6) is 0. The maximum absolute atomic E-state index is 9.02. The van der Waals surface area contributed by atoms with E-state index in [2.05, 4.69) is 65.8 Å². The SMILES string of the molecule is CCCCCCCCC[Si](C)(O[SiH](C)O[Si](C)(C)C)O[Si](C)(CCCOCC(O)O)O[Si](C)(C)C. The molecule has 0 aliphatic rings. The van der Waals surface area contributed by atoms with E-state index in [9.17, 15) is 0 Å². The third-order valence-corrected chi connectivity index (χ3v) is 22.9. The summed E-state index contributed by atoms with van der Waals surface area (Å²) in [5, 5.41) is 18.0. The van der Waals surface area contributed by atoms with Crippen molar-refractivity contribution in [2.75, 3.05) is 13.2 Å². The van der Waals surface area contributed by atoms with Gasteiger partial charge in [-0.25, -0.2) is 0 Å². The van der Waals surface area contributed by atoms with Crippen LogP contribution in [-0.2, 0) is 21.2 Å². The monoisotopic (exact) mass is 586 g/mol. The molecular weight excluding hydrogens is 529 g/mol. The van der Waals surface area contributed by atoms with Gasteiger partial charge >= 0.3 is 17.1 Å². The summed E-state index contributed by atoms with van der Waals surface area (Å²) in [4.78, 5) is 0. The summed E-state index contributed by atoms with van der Waals surface area (Å²) >= 11 is 0. The fourth-order valence-corrected chi connectivity index (χ4v) is 25.1. The van der Waals surface area contributed by atoms with Crippen LogP contribution in [0.1, 0.15) is 58.3 Å². The molecule has 0 saturated heterocycles. The zero-order valence-electron chi connectivity index (χ0n) is 24.6. The van der Waals surface area contributed by atoms with E-state index in [1.165, 1.54) is 38.5 Å². The number of aliphatic hydroxyl groups excluding tert-OH is 1. The van der Waals surface area contributed by atoms with Crippen molar-refractivity contribution in [2.24, 2.45) is 0 Å². The third kappa shape index (κ3) is 21.4. The van der Waals surface area contributed by atoms with Gasteiger partial charge in [0.05, 0.1) is 6.61 Å². The van der Waals surface area contributed by atoms with Crippen molar-refractivity contribution in [3.05, 3.63) is 0 Å². The number of aliphatic hydroxyl groups is 2. The Balaban J connectivity index is 5.35. The first kappa shape index (κ1) is 35.8. The number of ether oxygens (including phenoxy) is 1. The molecule has 212 valence electrons. The fourth-order valence-electron chi connectivity index (χ4n) is 4.32. The van der Waals surface area contributed by atoms with Crippen LogP contribution in [0, 0.1) is 0 Å². The van der Waals surface area contributed by atoms with E-state index >= 15 is 0 Å². The van der Waals surface area contributed by atoms with Crippen LogP contribution in [0.15, 0.2) is 0 Å². The highest BCUT2D eigenvalue weighted by Gasteiger charge is 2.45. The Morgan fingerprint density at radius 1 is 0.657 bits per heavy atom. The predicted molar refractivity (Wildman–Crippen MR) is 159 cm³/mol. The van der Waals surface area contributed by atoms with Gasteiger partial charge in [0.1, 0.15) is 0 Å². The van der Waals surface area contributed by atoms with Gasteiger partial charge in [0.2, 0.25) is 0 Å². The van der Waals surface area contributed by atoms with E-state index in [-0.39, 0.29) is 6.61 Å². The highest BCUT2D eigenvalue weighted by molar-refractivity contribution is 6.88. The summed E-state index contributed by atoms with van der Waals surface area (Å²) in [7, 11) is -10.4. The Bertz CT molecular complexity index is 545. The third-order valence-electron chi connectivity index (χ3n) is 5.31. The van der Waals surface area contributed by atoms with Crippen molar-refractivity contribution in [3.63, 3.8) is 0 Å². The predicted octanol–water partition coefficient (Wildman–Crippen LogP) is 6.18. The second-order valence-corrected chi connectivity index (χ2v) is 30.7. The van der Waals surface area contributed by atoms with E-state index in [1.807, 2.05) is 0 Å². The maximum Gasteiger partial charge on any atom is 0.317 e. The molecule has 35 heavy (non-hydrogen) atoms. The topological polar surface area (TPSA) is 86.6 Å². The summed E-state index contributed by atoms with van der Waals surface area (Å²) < 4.78 is 32.3. The van der Waals surface area contributed by atoms with Crippen LogP contribution >= 0.6 is 0 Å². The lowest BCUT2D eigenvalue weighted by molar-refractivity contribution is -0.0945. The number of hydrogen-bond donors (Lipinski definition) is 2. The Hall–Kier alpha value is 0.804. The smallest absolute Gasteiger partial charge is 0.317 e. The first-order chi connectivity index (χ1) is 16.0. The Kier molecular flexibility index (Phi) is 17.8. The Morgan fingerprint density at radius 3 is 1.71 bits per heavy atom. The quantitative estimate of drug-likeness (QED) is 0.0889. The molecule has 0 rings (SSSR count). The van der Waals surface area contributed by atoms with Gasteiger partial charge in [0, 0.05) is 6.61 Å². The van der Waals surface area contributed by atoms with Gasteiger partial charge in [0.15, 0.2) is 22.9 Å². The molecule has 0 aromatic rings. The lowest BCUT2D eigenvalue weighted by atomic mass is 10.1. The fraction of sp³-hybridized carbons (Fsp3) is 1.00. The van der Waals surface area contributed by atoms with Crippen LogP contribution in [0.3, 0.4) is 0 Å². The summed E-state index contributed by atoms with van der Waals surface area (Å²) in [5.41, 5.74) is 0. The molecule has 0 heterocycles. The molecule has 0 aliphatic heterocycles. The van der Waals surface area contributed by atoms with Crippen molar-refractivity contribution in [3.8, 4) is 0 Å². The maximum atomic E-state index is 9.02. The molecule has 3 atom stereocenters. The lowest BCUT2D eigenvalue weighted by Gasteiger charge is -2.42. The van der Waals surface area contributed by atoms with Crippen LogP contribution in [0.25, 0.3) is 0 Å². The van der Waals surface area contributed by atoms with Crippen LogP contribution < -0.4 is 0 Å². The minimum atomic E-state index is -2.54. The standard InChI is InChI=1S/C23H58O7Si5/c1-11-12-13-14-15-16-17-20-34(9,28-31(2)27-32(3,4)5)30-35(10,29-33(6,7)8)21-18-19-26-22-23(24)25/h23-25,31H,11-22H2,1-10H3. The second kappa shape index (κ2) is 17.4. The summed E-state index contributed by atoms with van der Waals surface area (Å²) in [6, 6.07) is 1.77. The highest BCUT2D eigenvalue weighted by Crippen LogP contribution is 2.30. The second-order valence-electron chi connectivity index (χ2n) is 12.0. The van der Waals surface area contributed by atoms with Crippen LogP contribution in [0.4, 0.5) is 0 Å². The Morgan fingerprint density at radius 2 is 1.20 bits per heavy atom. The molecule has 0 aromatic heterocycles. The van der Waals surface area contributed by atoms with Crippen molar-refractivity contribution in [1.29, 1.82) is 0 Å². The molecular formula is C23H58O7Si5. The van der Waals surface area contributed by atoms with E-state index in [1.54, 1.807) is 0 Å². The molecule has 2 N–H and O–H groups in total. The molecule has 0 aromatic carbocycles. The van der Waals surface area contributed by atoms with Gasteiger partial charge in [-0.3, -0.25) is 0 Å².